The molecule has 66 valence electrons. The summed E-state index contributed by atoms with van der Waals surface area (Å²) in [5.41, 5.74) is 1.51. The van der Waals surface area contributed by atoms with Crippen LogP contribution in [0.5, 0.6) is 0 Å². The van der Waals surface area contributed by atoms with Crippen LogP contribution in [0.25, 0.3) is 11.1 Å². The van der Waals surface area contributed by atoms with E-state index in [-0.39, 0.29) is 5.15 Å². The zero-order valence-corrected chi connectivity index (χ0v) is 7.63. The average molecular weight is 196 g/mol. The van der Waals surface area contributed by atoms with Crippen molar-refractivity contribution >= 4 is 22.7 Å². The molecule has 0 saturated heterocycles. The molecule has 0 N–H and O–H groups in total. The minimum absolute atomic E-state index is 0.127. The molecule has 0 amide bonds. The van der Waals surface area contributed by atoms with Crippen LogP contribution < -0.4 is 5.63 Å². The second-order valence-corrected chi connectivity index (χ2v) is 3.12. The van der Waals surface area contributed by atoms with Crippen LogP contribution in [0.15, 0.2) is 27.4 Å². The van der Waals surface area contributed by atoms with Crippen molar-refractivity contribution in [2.75, 3.05) is 0 Å². The Labute approximate surface area is 79.0 Å². The maximum Gasteiger partial charge on any atom is 0.374 e. The van der Waals surface area contributed by atoms with Gasteiger partial charge in [0.2, 0.25) is 5.15 Å². The van der Waals surface area contributed by atoms with Crippen LogP contribution in [-0.4, -0.2) is 4.98 Å². The van der Waals surface area contributed by atoms with Gasteiger partial charge >= 0.3 is 5.63 Å². The topological polar surface area (TPSA) is 43.1 Å². The minimum Gasteiger partial charge on any atom is -0.419 e. The third-order valence-corrected chi connectivity index (χ3v) is 1.94. The maximum absolute atomic E-state index is 11.0. The Balaban J connectivity index is 2.89. The Morgan fingerprint density at radius 3 is 3.00 bits per heavy atom. The van der Waals surface area contributed by atoms with Crippen LogP contribution in [-0.2, 0) is 0 Å². The molecule has 1 aromatic carbocycles. The fourth-order valence-electron chi connectivity index (χ4n) is 1.09. The SMILES string of the molecule is Cc1ccc2oc(=O)c(Cl)nc2c1. The second-order valence-electron chi connectivity index (χ2n) is 2.76. The molecule has 4 heteroatoms. The summed E-state index contributed by atoms with van der Waals surface area (Å²) in [5.74, 6) is 0. The Hall–Kier alpha value is -1.35. The van der Waals surface area contributed by atoms with Gasteiger partial charge in [0.1, 0.15) is 5.52 Å². The zero-order valence-electron chi connectivity index (χ0n) is 6.87. The molecule has 3 nitrogen and oxygen atoms in total. The van der Waals surface area contributed by atoms with E-state index in [1.165, 1.54) is 0 Å². The minimum atomic E-state index is -0.599. The predicted molar refractivity (Wildman–Crippen MR) is 50.0 cm³/mol. The van der Waals surface area contributed by atoms with Crippen LogP contribution in [0, 0.1) is 6.92 Å². The lowest BCUT2D eigenvalue weighted by atomic mass is 10.2. The molecular weight excluding hydrogens is 190 g/mol. The van der Waals surface area contributed by atoms with Gasteiger partial charge in [0, 0.05) is 0 Å². The molecule has 2 aromatic rings. The second kappa shape index (κ2) is 2.85. The number of fused-ring (bicyclic) bond motifs is 1. The molecule has 0 aliphatic rings. The molecule has 0 radical (unpaired) electrons. The standard InChI is InChI=1S/C9H6ClNO2/c1-5-2-3-7-6(4-5)11-8(10)9(12)13-7/h2-4H,1H3. The number of benzene rings is 1. The van der Waals surface area contributed by atoms with Crippen LogP contribution >= 0.6 is 11.6 Å². The first-order valence-corrected chi connectivity index (χ1v) is 4.11. The quantitative estimate of drug-likeness (QED) is 0.647. The number of aromatic nitrogens is 1. The van der Waals surface area contributed by atoms with E-state index in [4.69, 9.17) is 16.0 Å². The maximum atomic E-state index is 11.0. The molecule has 2 rings (SSSR count). The highest BCUT2D eigenvalue weighted by atomic mass is 35.5. The highest BCUT2D eigenvalue weighted by Gasteiger charge is 2.03. The normalized spacial score (nSPS) is 10.6. The number of rotatable bonds is 0. The molecule has 0 aliphatic heterocycles. The van der Waals surface area contributed by atoms with Crippen LogP contribution in [0.3, 0.4) is 0 Å². The summed E-state index contributed by atoms with van der Waals surface area (Å²) in [6, 6.07) is 5.36. The van der Waals surface area contributed by atoms with Crippen molar-refractivity contribution in [3.8, 4) is 0 Å². The lowest BCUT2D eigenvalue weighted by Gasteiger charge is -1.96. The van der Waals surface area contributed by atoms with Gasteiger partial charge in [-0.05, 0) is 24.6 Å². The van der Waals surface area contributed by atoms with Crippen LogP contribution in [0.1, 0.15) is 5.56 Å². The molecule has 0 unspecified atom stereocenters. The van der Waals surface area contributed by atoms with Gasteiger partial charge in [-0.2, -0.15) is 0 Å². The molecule has 0 aliphatic carbocycles. The molecule has 13 heavy (non-hydrogen) atoms. The lowest BCUT2D eigenvalue weighted by Crippen LogP contribution is -2.01. The van der Waals surface area contributed by atoms with E-state index in [1.54, 1.807) is 6.07 Å². The molecule has 0 atom stereocenters. The van der Waals surface area contributed by atoms with E-state index >= 15 is 0 Å². The van der Waals surface area contributed by atoms with E-state index in [0.29, 0.717) is 11.1 Å². The predicted octanol–water partition coefficient (Wildman–Crippen LogP) is 2.15. The Kier molecular flexibility index (Phi) is 1.81. The molecule has 1 heterocycles. The van der Waals surface area contributed by atoms with Crippen molar-refractivity contribution < 1.29 is 4.42 Å². The summed E-state index contributed by atoms with van der Waals surface area (Å²) in [4.78, 5) is 14.9. The summed E-state index contributed by atoms with van der Waals surface area (Å²) in [6.45, 7) is 1.93. The van der Waals surface area contributed by atoms with Crippen molar-refractivity contribution in [2.45, 2.75) is 6.92 Å². The number of aryl methyl sites for hydroxylation is 1. The first kappa shape index (κ1) is 8.26. The summed E-state index contributed by atoms with van der Waals surface area (Å²) >= 11 is 5.52. The molecule has 0 spiro atoms. The first-order chi connectivity index (χ1) is 6.16. The third kappa shape index (κ3) is 1.42. The molecular formula is C9H6ClNO2. The number of nitrogens with zero attached hydrogens (tertiary/aromatic N) is 1. The molecule has 0 bridgehead atoms. The Morgan fingerprint density at radius 1 is 1.46 bits per heavy atom. The van der Waals surface area contributed by atoms with Crippen molar-refractivity contribution in [3.63, 3.8) is 0 Å². The van der Waals surface area contributed by atoms with Crippen molar-refractivity contribution in [2.24, 2.45) is 0 Å². The third-order valence-electron chi connectivity index (χ3n) is 1.70. The monoisotopic (exact) mass is 195 g/mol. The Morgan fingerprint density at radius 2 is 2.23 bits per heavy atom. The van der Waals surface area contributed by atoms with E-state index in [2.05, 4.69) is 4.98 Å². The van der Waals surface area contributed by atoms with Crippen molar-refractivity contribution in [1.82, 2.24) is 4.98 Å². The van der Waals surface area contributed by atoms with Crippen LogP contribution in [0.2, 0.25) is 5.15 Å². The Bertz CT molecular complexity index is 518. The molecule has 0 fully saturated rings. The number of halogens is 1. The van der Waals surface area contributed by atoms with E-state index in [9.17, 15) is 4.79 Å². The highest BCUT2D eigenvalue weighted by molar-refractivity contribution is 6.29. The van der Waals surface area contributed by atoms with Gasteiger partial charge in [0.25, 0.3) is 0 Å². The molecule has 1 aromatic heterocycles. The zero-order chi connectivity index (χ0) is 9.42. The van der Waals surface area contributed by atoms with Gasteiger partial charge in [0.05, 0.1) is 0 Å². The first-order valence-electron chi connectivity index (χ1n) is 3.74. The number of hydrogen-bond donors (Lipinski definition) is 0. The van der Waals surface area contributed by atoms with Gasteiger partial charge < -0.3 is 4.42 Å². The van der Waals surface area contributed by atoms with Crippen LogP contribution in [0.4, 0.5) is 0 Å². The fraction of sp³-hybridized carbons (Fsp3) is 0.111. The largest absolute Gasteiger partial charge is 0.419 e. The van der Waals surface area contributed by atoms with Gasteiger partial charge in [-0.3, -0.25) is 0 Å². The van der Waals surface area contributed by atoms with E-state index in [0.717, 1.165) is 5.56 Å². The van der Waals surface area contributed by atoms with Gasteiger partial charge in [-0.25, -0.2) is 9.78 Å². The molecule has 0 saturated carbocycles. The van der Waals surface area contributed by atoms with Crippen molar-refractivity contribution in [1.29, 1.82) is 0 Å². The van der Waals surface area contributed by atoms with E-state index in [1.807, 2.05) is 19.1 Å². The van der Waals surface area contributed by atoms with Gasteiger partial charge in [0.15, 0.2) is 5.58 Å². The highest BCUT2D eigenvalue weighted by Crippen LogP contribution is 2.13. The smallest absolute Gasteiger partial charge is 0.374 e. The van der Waals surface area contributed by atoms with Gasteiger partial charge in [-0.1, -0.05) is 17.7 Å². The van der Waals surface area contributed by atoms with E-state index < -0.39 is 5.63 Å². The number of hydrogen-bond acceptors (Lipinski definition) is 3. The summed E-state index contributed by atoms with van der Waals surface area (Å²) in [5, 5.41) is -0.127. The summed E-state index contributed by atoms with van der Waals surface area (Å²) < 4.78 is 4.90. The lowest BCUT2D eigenvalue weighted by molar-refractivity contribution is 0.555. The average Bonchev–Trinajstić information content (AvgIpc) is 2.08. The van der Waals surface area contributed by atoms with Gasteiger partial charge in [-0.15, -0.1) is 0 Å². The van der Waals surface area contributed by atoms with Crippen molar-refractivity contribution in [3.05, 3.63) is 39.3 Å². The summed E-state index contributed by atoms with van der Waals surface area (Å²) in [7, 11) is 0. The fourth-order valence-corrected chi connectivity index (χ4v) is 1.22. The summed E-state index contributed by atoms with van der Waals surface area (Å²) in [6.07, 6.45) is 0.